The molecule has 2 N–H and O–H groups in total. The topological polar surface area (TPSA) is 70.8 Å². The van der Waals surface area contributed by atoms with Crippen LogP contribution < -0.4 is 15.2 Å². The van der Waals surface area contributed by atoms with Gasteiger partial charge in [-0.1, -0.05) is 0 Å². The quantitative estimate of drug-likeness (QED) is 0.829. The van der Waals surface area contributed by atoms with E-state index < -0.39 is 11.8 Å². The summed E-state index contributed by atoms with van der Waals surface area (Å²) in [6, 6.07) is 9.42. The van der Waals surface area contributed by atoms with E-state index >= 15 is 0 Å². The Balaban J connectivity index is 2.11. The minimum absolute atomic E-state index is 0.165. The molecule has 0 saturated carbocycles. The Bertz CT molecular complexity index is 703. The van der Waals surface area contributed by atoms with Crippen molar-refractivity contribution < 1.29 is 23.4 Å². The highest BCUT2D eigenvalue weighted by Crippen LogP contribution is 2.28. The predicted octanol–water partition coefficient (Wildman–Crippen LogP) is 2.94. The van der Waals surface area contributed by atoms with Crippen molar-refractivity contribution in [3.05, 3.63) is 53.3 Å². The van der Waals surface area contributed by atoms with E-state index in [2.05, 4.69) is 4.74 Å². The third-order valence-electron chi connectivity index (χ3n) is 3.12. The van der Waals surface area contributed by atoms with E-state index in [0.717, 1.165) is 5.56 Å². The highest BCUT2D eigenvalue weighted by molar-refractivity contribution is 5.70. The van der Waals surface area contributed by atoms with Crippen molar-refractivity contribution in [2.45, 2.75) is 13.5 Å². The average molecular weight is 319 g/mol. The number of carbonyl (C=O) groups excluding carboxylic acids is 1. The fourth-order valence-electron chi connectivity index (χ4n) is 1.98. The lowest BCUT2D eigenvalue weighted by atomic mass is 10.2. The number of hydrogen-bond acceptors (Lipinski definition) is 5. The second-order valence-corrected chi connectivity index (χ2v) is 4.89. The Hall–Kier alpha value is -2.60. The van der Waals surface area contributed by atoms with Crippen molar-refractivity contribution in [1.82, 2.24) is 0 Å². The highest BCUT2D eigenvalue weighted by Gasteiger charge is 2.07. The van der Waals surface area contributed by atoms with E-state index in [4.69, 9.17) is 15.2 Å². The standard InChI is InChI=1S/C17H18FNO4/c1-11-5-14(3-4-16(11)22-10-17(20)21-2)23-15-7-12(9-19)6-13(18)8-15/h3-8H,9-10,19H2,1-2H3. The molecule has 2 aromatic rings. The van der Waals surface area contributed by atoms with Gasteiger partial charge in [-0.2, -0.15) is 0 Å². The van der Waals surface area contributed by atoms with Crippen LogP contribution in [-0.2, 0) is 16.1 Å². The van der Waals surface area contributed by atoms with Gasteiger partial charge in [0.2, 0.25) is 0 Å². The van der Waals surface area contributed by atoms with Crippen LogP contribution >= 0.6 is 0 Å². The van der Waals surface area contributed by atoms with Gasteiger partial charge in [-0.3, -0.25) is 0 Å². The van der Waals surface area contributed by atoms with Gasteiger partial charge in [0.05, 0.1) is 7.11 Å². The summed E-state index contributed by atoms with van der Waals surface area (Å²) in [5.41, 5.74) is 6.95. The number of ether oxygens (including phenoxy) is 3. The molecule has 2 rings (SSSR count). The first-order valence-corrected chi connectivity index (χ1v) is 6.99. The number of halogens is 1. The molecular formula is C17H18FNO4. The summed E-state index contributed by atoms with van der Waals surface area (Å²) < 4.78 is 29.0. The largest absolute Gasteiger partial charge is 0.482 e. The molecule has 0 aliphatic carbocycles. The SMILES string of the molecule is COC(=O)COc1ccc(Oc2cc(F)cc(CN)c2)cc1C. The zero-order valence-electron chi connectivity index (χ0n) is 13.0. The monoisotopic (exact) mass is 319 g/mol. The lowest BCUT2D eigenvalue weighted by molar-refractivity contribution is -0.142. The molecular weight excluding hydrogens is 301 g/mol. The first-order valence-electron chi connectivity index (χ1n) is 6.99. The summed E-state index contributed by atoms with van der Waals surface area (Å²) in [5, 5.41) is 0. The van der Waals surface area contributed by atoms with E-state index in [1.54, 1.807) is 24.3 Å². The molecule has 0 amide bonds. The minimum Gasteiger partial charge on any atom is -0.482 e. The fraction of sp³-hybridized carbons (Fsp3) is 0.235. The summed E-state index contributed by atoms with van der Waals surface area (Å²) >= 11 is 0. The third-order valence-corrected chi connectivity index (χ3v) is 3.12. The van der Waals surface area contributed by atoms with Gasteiger partial charge in [-0.25, -0.2) is 9.18 Å². The number of nitrogens with two attached hydrogens (primary N) is 1. The zero-order chi connectivity index (χ0) is 16.8. The fourth-order valence-corrected chi connectivity index (χ4v) is 1.98. The Morgan fingerprint density at radius 3 is 2.61 bits per heavy atom. The van der Waals surface area contributed by atoms with Crippen molar-refractivity contribution in [2.24, 2.45) is 5.73 Å². The third kappa shape index (κ3) is 4.69. The van der Waals surface area contributed by atoms with Gasteiger partial charge in [0.25, 0.3) is 0 Å². The number of esters is 1. The van der Waals surface area contributed by atoms with Crippen LogP contribution in [0, 0.1) is 12.7 Å². The molecule has 0 saturated heterocycles. The highest BCUT2D eigenvalue weighted by atomic mass is 19.1. The first-order chi connectivity index (χ1) is 11.0. The van der Waals surface area contributed by atoms with Gasteiger partial charge in [0.15, 0.2) is 6.61 Å². The van der Waals surface area contributed by atoms with Crippen LogP contribution in [0.1, 0.15) is 11.1 Å². The van der Waals surface area contributed by atoms with Gasteiger partial charge in [-0.05, 0) is 48.4 Å². The zero-order valence-corrected chi connectivity index (χ0v) is 13.0. The molecule has 0 aromatic heterocycles. The second kappa shape index (κ2) is 7.60. The second-order valence-electron chi connectivity index (χ2n) is 4.89. The van der Waals surface area contributed by atoms with Gasteiger partial charge < -0.3 is 19.9 Å². The smallest absolute Gasteiger partial charge is 0.343 e. The molecule has 5 nitrogen and oxygen atoms in total. The lowest BCUT2D eigenvalue weighted by Crippen LogP contribution is -2.12. The molecule has 0 bridgehead atoms. The average Bonchev–Trinajstić information content (AvgIpc) is 2.53. The molecule has 0 spiro atoms. The van der Waals surface area contributed by atoms with Crippen LogP contribution in [0.25, 0.3) is 0 Å². The summed E-state index contributed by atoms with van der Waals surface area (Å²) in [6.45, 7) is 1.88. The van der Waals surface area contributed by atoms with E-state index in [0.29, 0.717) is 22.8 Å². The molecule has 6 heteroatoms. The van der Waals surface area contributed by atoms with Crippen molar-refractivity contribution in [2.75, 3.05) is 13.7 Å². The van der Waals surface area contributed by atoms with E-state index in [1.165, 1.54) is 19.2 Å². The number of carbonyl (C=O) groups is 1. The summed E-state index contributed by atoms with van der Waals surface area (Å²) in [7, 11) is 1.30. The maximum atomic E-state index is 13.5. The molecule has 0 aliphatic rings. The van der Waals surface area contributed by atoms with Crippen molar-refractivity contribution in [1.29, 1.82) is 0 Å². The van der Waals surface area contributed by atoms with Crippen molar-refractivity contribution in [3.8, 4) is 17.2 Å². The first kappa shape index (κ1) is 16.8. The number of rotatable bonds is 6. The van der Waals surface area contributed by atoms with Crippen LogP contribution in [0.5, 0.6) is 17.2 Å². The molecule has 0 heterocycles. The van der Waals surface area contributed by atoms with Crippen LogP contribution in [0.3, 0.4) is 0 Å². The number of methoxy groups -OCH3 is 1. The Morgan fingerprint density at radius 2 is 1.96 bits per heavy atom. The summed E-state index contributed by atoms with van der Waals surface area (Å²) in [6.07, 6.45) is 0. The van der Waals surface area contributed by atoms with E-state index in [-0.39, 0.29) is 13.2 Å². The molecule has 2 aromatic carbocycles. The molecule has 0 radical (unpaired) electrons. The Labute approximate surface area is 133 Å². The summed E-state index contributed by atoms with van der Waals surface area (Å²) in [4.78, 5) is 11.1. The van der Waals surface area contributed by atoms with Crippen LogP contribution in [0.15, 0.2) is 36.4 Å². The molecule has 0 fully saturated rings. The van der Waals surface area contributed by atoms with Crippen LogP contribution in [0.2, 0.25) is 0 Å². The minimum atomic E-state index is -0.459. The molecule has 0 unspecified atom stereocenters. The van der Waals surface area contributed by atoms with Gasteiger partial charge in [-0.15, -0.1) is 0 Å². The molecule has 0 atom stereocenters. The van der Waals surface area contributed by atoms with Crippen molar-refractivity contribution in [3.63, 3.8) is 0 Å². The molecule has 122 valence electrons. The Kier molecular flexibility index (Phi) is 5.54. The normalized spacial score (nSPS) is 10.3. The van der Waals surface area contributed by atoms with E-state index in [9.17, 15) is 9.18 Å². The maximum absolute atomic E-state index is 13.5. The lowest BCUT2D eigenvalue weighted by Gasteiger charge is -2.11. The molecule has 23 heavy (non-hydrogen) atoms. The number of benzene rings is 2. The van der Waals surface area contributed by atoms with Crippen LogP contribution in [0.4, 0.5) is 4.39 Å². The van der Waals surface area contributed by atoms with Gasteiger partial charge in [0.1, 0.15) is 23.1 Å². The Morgan fingerprint density at radius 1 is 1.17 bits per heavy atom. The van der Waals surface area contributed by atoms with Crippen LogP contribution in [-0.4, -0.2) is 19.7 Å². The number of hydrogen-bond donors (Lipinski definition) is 1. The van der Waals surface area contributed by atoms with E-state index in [1.807, 2.05) is 6.92 Å². The predicted molar refractivity (Wildman–Crippen MR) is 83.1 cm³/mol. The van der Waals surface area contributed by atoms with Gasteiger partial charge in [0, 0.05) is 12.6 Å². The summed E-state index contributed by atoms with van der Waals surface area (Å²) in [5.74, 6) is 0.579. The number of aryl methyl sites for hydroxylation is 1. The van der Waals surface area contributed by atoms with Crippen molar-refractivity contribution >= 4 is 5.97 Å². The molecule has 0 aliphatic heterocycles. The maximum Gasteiger partial charge on any atom is 0.343 e. The van der Waals surface area contributed by atoms with Gasteiger partial charge >= 0.3 is 5.97 Å².